The van der Waals surface area contributed by atoms with Crippen LogP contribution in [0.1, 0.15) is 5.56 Å². The van der Waals surface area contributed by atoms with Crippen LogP contribution in [-0.2, 0) is 11.3 Å². The molecule has 0 aliphatic carbocycles. The predicted molar refractivity (Wildman–Crippen MR) is 72.3 cm³/mol. The number of aromatic nitrogens is 1. The Morgan fingerprint density at radius 1 is 1.21 bits per heavy atom. The number of pyridine rings is 1. The van der Waals surface area contributed by atoms with E-state index in [1.54, 1.807) is 12.3 Å². The van der Waals surface area contributed by atoms with Crippen molar-refractivity contribution in [2.75, 3.05) is 16.8 Å². The summed E-state index contributed by atoms with van der Waals surface area (Å²) in [5, 5.41) is 2.66. The van der Waals surface area contributed by atoms with Gasteiger partial charge in [0, 0.05) is 17.3 Å². The van der Waals surface area contributed by atoms with Gasteiger partial charge in [0.2, 0.25) is 0 Å². The SMILES string of the molecule is Nc1nccc(-c2cccc3c2COC(=O)N3)c1N. The van der Waals surface area contributed by atoms with Crippen molar-refractivity contribution in [3.8, 4) is 11.1 Å². The molecule has 6 heteroatoms. The van der Waals surface area contributed by atoms with E-state index in [2.05, 4.69) is 10.3 Å². The monoisotopic (exact) mass is 256 g/mol. The van der Waals surface area contributed by atoms with E-state index in [1.165, 1.54) is 0 Å². The van der Waals surface area contributed by atoms with Gasteiger partial charge < -0.3 is 16.2 Å². The van der Waals surface area contributed by atoms with Crippen LogP contribution in [0.4, 0.5) is 22.0 Å². The summed E-state index contributed by atoms with van der Waals surface area (Å²) < 4.78 is 5.00. The molecule has 0 radical (unpaired) electrons. The zero-order valence-corrected chi connectivity index (χ0v) is 10.0. The molecule has 0 bridgehead atoms. The second-order valence-corrected chi connectivity index (χ2v) is 4.19. The lowest BCUT2D eigenvalue weighted by atomic mass is 9.97. The van der Waals surface area contributed by atoms with Crippen molar-refractivity contribution < 1.29 is 9.53 Å². The molecule has 6 nitrogen and oxygen atoms in total. The van der Waals surface area contributed by atoms with Crippen LogP contribution in [0.5, 0.6) is 0 Å². The first-order chi connectivity index (χ1) is 9.16. The average molecular weight is 256 g/mol. The Balaban J connectivity index is 2.19. The van der Waals surface area contributed by atoms with E-state index in [9.17, 15) is 4.79 Å². The highest BCUT2D eigenvalue weighted by Gasteiger charge is 2.20. The zero-order chi connectivity index (χ0) is 13.4. The number of benzene rings is 1. The van der Waals surface area contributed by atoms with Gasteiger partial charge in [-0.2, -0.15) is 0 Å². The summed E-state index contributed by atoms with van der Waals surface area (Å²) in [6, 6.07) is 7.36. The first-order valence-electron chi connectivity index (χ1n) is 5.73. The maximum absolute atomic E-state index is 11.2. The van der Waals surface area contributed by atoms with Gasteiger partial charge in [-0.3, -0.25) is 5.32 Å². The number of hydrogen-bond acceptors (Lipinski definition) is 5. The topological polar surface area (TPSA) is 103 Å². The zero-order valence-electron chi connectivity index (χ0n) is 10.0. The Labute approximate surface area is 109 Å². The van der Waals surface area contributed by atoms with Crippen molar-refractivity contribution in [3.05, 3.63) is 36.0 Å². The van der Waals surface area contributed by atoms with Crippen LogP contribution in [0.25, 0.3) is 11.1 Å². The average Bonchev–Trinajstić information content (AvgIpc) is 2.41. The Hall–Kier alpha value is -2.76. The molecule has 1 aromatic carbocycles. The highest BCUT2D eigenvalue weighted by molar-refractivity contribution is 5.92. The van der Waals surface area contributed by atoms with Crippen molar-refractivity contribution in [1.29, 1.82) is 0 Å². The smallest absolute Gasteiger partial charge is 0.411 e. The molecule has 0 saturated carbocycles. The summed E-state index contributed by atoms with van der Waals surface area (Å²) in [6.45, 7) is 0.207. The number of nitrogens with one attached hydrogen (secondary N) is 1. The summed E-state index contributed by atoms with van der Waals surface area (Å²) in [7, 11) is 0. The minimum atomic E-state index is -0.452. The number of nitrogens with two attached hydrogens (primary N) is 2. The first kappa shape index (κ1) is 11.3. The van der Waals surface area contributed by atoms with Gasteiger partial charge in [0.05, 0.1) is 11.4 Å². The highest BCUT2D eigenvalue weighted by Crippen LogP contribution is 2.36. The molecule has 19 heavy (non-hydrogen) atoms. The molecule has 0 fully saturated rings. The van der Waals surface area contributed by atoms with Crippen molar-refractivity contribution in [2.45, 2.75) is 6.61 Å². The van der Waals surface area contributed by atoms with E-state index in [4.69, 9.17) is 16.2 Å². The van der Waals surface area contributed by atoms with E-state index in [0.29, 0.717) is 5.69 Å². The lowest BCUT2D eigenvalue weighted by Crippen LogP contribution is -2.20. The van der Waals surface area contributed by atoms with Gasteiger partial charge in [-0.25, -0.2) is 9.78 Å². The minimum Gasteiger partial charge on any atom is -0.444 e. The van der Waals surface area contributed by atoms with Gasteiger partial charge in [0.25, 0.3) is 0 Å². The molecule has 0 unspecified atom stereocenters. The van der Waals surface area contributed by atoms with E-state index in [-0.39, 0.29) is 12.4 Å². The maximum atomic E-state index is 11.2. The summed E-state index contributed by atoms with van der Waals surface area (Å²) in [6.07, 6.45) is 1.15. The molecule has 5 N–H and O–H groups in total. The number of rotatable bonds is 1. The fraction of sp³-hybridized carbons (Fsp3) is 0.0769. The Bertz CT molecular complexity index is 670. The second kappa shape index (κ2) is 4.16. The molecule has 96 valence electrons. The summed E-state index contributed by atoms with van der Waals surface area (Å²) in [5.74, 6) is 0.288. The van der Waals surface area contributed by atoms with Crippen LogP contribution >= 0.6 is 0 Å². The predicted octanol–water partition coefficient (Wildman–Crippen LogP) is 1.98. The van der Waals surface area contributed by atoms with Gasteiger partial charge >= 0.3 is 6.09 Å². The molecular formula is C13H12N4O2. The van der Waals surface area contributed by atoms with Crippen LogP contribution < -0.4 is 16.8 Å². The number of cyclic esters (lactones) is 1. The molecule has 0 saturated heterocycles. The third-order valence-electron chi connectivity index (χ3n) is 3.07. The van der Waals surface area contributed by atoms with E-state index in [0.717, 1.165) is 22.4 Å². The number of anilines is 3. The number of ether oxygens (including phenoxy) is 1. The van der Waals surface area contributed by atoms with Crippen LogP contribution in [-0.4, -0.2) is 11.1 Å². The van der Waals surface area contributed by atoms with Crippen LogP contribution in [0.3, 0.4) is 0 Å². The third-order valence-corrected chi connectivity index (χ3v) is 3.07. The van der Waals surface area contributed by atoms with E-state index < -0.39 is 6.09 Å². The molecule has 1 aliphatic heterocycles. The lowest BCUT2D eigenvalue weighted by Gasteiger charge is -2.21. The number of hydrogen-bond donors (Lipinski definition) is 3. The van der Waals surface area contributed by atoms with Crippen LogP contribution in [0.15, 0.2) is 30.5 Å². The fourth-order valence-corrected chi connectivity index (χ4v) is 2.12. The summed E-state index contributed by atoms with van der Waals surface area (Å²) in [5.41, 5.74) is 15.4. The minimum absolute atomic E-state index is 0.207. The first-order valence-corrected chi connectivity index (χ1v) is 5.73. The fourth-order valence-electron chi connectivity index (χ4n) is 2.12. The maximum Gasteiger partial charge on any atom is 0.411 e. The molecule has 1 amide bonds. The van der Waals surface area contributed by atoms with Crippen molar-refractivity contribution in [2.24, 2.45) is 0 Å². The Morgan fingerprint density at radius 3 is 2.89 bits per heavy atom. The molecule has 2 aromatic rings. The number of amides is 1. The molecule has 0 atom stereocenters. The van der Waals surface area contributed by atoms with Gasteiger partial charge in [0.1, 0.15) is 12.4 Å². The van der Waals surface area contributed by atoms with Crippen molar-refractivity contribution in [3.63, 3.8) is 0 Å². The molecule has 1 aliphatic rings. The number of fused-ring (bicyclic) bond motifs is 1. The van der Waals surface area contributed by atoms with Crippen molar-refractivity contribution in [1.82, 2.24) is 4.98 Å². The Kier molecular flexibility index (Phi) is 2.49. The van der Waals surface area contributed by atoms with E-state index >= 15 is 0 Å². The van der Waals surface area contributed by atoms with Gasteiger partial charge in [-0.15, -0.1) is 0 Å². The number of carbonyl (C=O) groups excluding carboxylic acids is 1. The number of nitrogen functional groups attached to an aromatic ring is 2. The normalized spacial score (nSPS) is 13.4. The van der Waals surface area contributed by atoms with Crippen LogP contribution in [0.2, 0.25) is 0 Å². The Morgan fingerprint density at radius 2 is 2.05 bits per heavy atom. The summed E-state index contributed by atoms with van der Waals surface area (Å²) in [4.78, 5) is 15.1. The highest BCUT2D eigenvalue weighted by atomic mass is 16.5. The summed E-state index contributed by atoms with van der Waals surface area (Å²) >= 11 is 0. The van der Waals surface area contributed by atoms with Crippen LogP contribution in [0, 0.1) is 0 Å². The lowest BCUT2D eigenvalue weighted by molar-refractivity contribution is 0.151. The molecule has 1 aromatic heterocycles. The number of carbonyl (C=O) groups is 1. The molecule has 2 heterocycles. The van der Waals surface area contributed by atoms with Gasteiger partial charge in [-0.05, 0) is 17.7 Å². The molecular weight excluding hydrogens is 244 g/mol. The quantitative estimate of drug-likeness (QED) is 0.723. The van der Waals surface area contributed by atoms with E-state index in [1.807, 2.05) is 18.2 Å². The van der Waals surface area contributed by atoms with Crippen molar-refractivity contribution >= 4 is 23.3 Å². The second-order valence-electron chi connectivity index (χ2n) is 4.19. The molecule has 3 rings (SSSR count). The van der Waals surface area contributed by atoms with Gasteiger partial charge in [0.15, 0.2) is 0 Å². The third kappa shape index (κ3) is 1.83. The molecule has 0 spiro atoms. The number of nitrogens with zero attached hydrogens (tertiary/aromatic N) is 1. The van der Waals surface area contributed by atoms with Gasteiger partial charge in [-0.1, -0.05) is 12.1 Å². The standard InChI is InChI=1S/C13H12N4O2/c14-11-8(4-5-16-12(11)15)7-2-1-3-10-9(7)6-19-13(18)17-10/h1-5H,6,14H2,(H2,15,16)(H,17,18). The largest absolute Gasteiger partial charge is 0.444 e.